The van der Waals surface area contributed by atoms with Gasteiger partial charge in [0.05, 0.1) is 6.10 Å². The first-order valence-electron chi connectivity index (χ1n) is 6.83. The van der Waals surface area contributed by atoms with Crippen molar-refractivity contribution >= 4 is 27.3 Å². The summed E-state index contributed by atoms with van der Waals surface area (Å²) in [5, 5.41) is 12.6. The minimum absolute atomic E-state index is 0.187. The SMILES string of the molecule is OC(Cc1cc(F)cc(Br)c1)C1CCCc2sccc21. The van der Waals surface area contributed by atoms with Crippen molar-refractivity contribution in [3.05, 3.63) is 55.9 Å². The topological polar surface area (TPSA) is 20.2 Å². The van der Waals surface area contributed by atoms with Crippen LogP contribution in [-0.2, 0) is 12.8 Å². The molecule has 1 aliphatic rings. The number of hydrogen-bond donors (Lipinski definition) is 1. The molecule has 4 heteroatoms. The number of aliphatic hydroxyl groups is 1. The van der Waals surface area contributed by atoms with E-state index in [1.54, 1.807) is 11.3 Å². The quantitative estimate of drug-likeness (QED) is 0.848. The molecule has 0 spiro atoms. The predicted molar refractivity (Wildman–Crippen MR) is 83.8 cm³/mol. The maximum absolute atomic E-state index is 13.4. The van der Waals surface area contributed by atoms with Gasteiger partial charge in [-0.2, -0.15) is 0 Å². The molecule has 0 aliphatic heterocycles. The van der Waals surface area contributed by atoms with Crippen molar-refractivity contribution in [3.63, 3.8) is 0 Å². The summed E-state index contributed by atoms with van der Waals surface area (Å²) in [4.78, 5) is 1.40. The third-order valence-corrected chi connectivity index (χ3v) is 5.38. The van der Waals surface area contributed by atoms with E-state index in [0.29, 0.717) is 6.42 Å². The summed E-state index contributed by atoms with van der Waals surface area (Å²) in [6, 6.07) is 6.96. The summed E-state index contributed by atoms with van der Waals surface area (Å²) in [6.45, 7) is 0. The molecular formula is C16H16BrFOS. The molecule has 1 nitrogen and oxygen atoms in total. The van der Waals surface area contributed by atoms with E-state index in [1.165, 1.54) is 22.6 Å². The van der Waals surface area contributed by atoms with Gasteiger partial charge in [-0.3, -0.25) is 0 Å². The molecule has 2 unspecified atom stereocenters. The number of aryl methyl sites for hydroxylation is 1. The van der Waals surface area contributed by atoms with Gasteiger partial charge in [-0.05, 0) is 66.5 Å². The van der Waals surface area contributed by atoms with E-state index in [4.69, 9.17) is 0 Å². The van der Waals surface area contributed by atoms with Gasteiger partial charge in [-0.25, -0.2) is 4.39 Å². The summed E-state index contributed by atoms with van der Waals surface area (Å²) in [5.74, 6) is -0.0755. The van der Waals surface area contributed by atoms with Crippen LogP contribution in [0.15, 0.2) is 34.1 Å². The molecule has 0 amide bonds. The van der Waals surface area contributed by atoms with Gasteiger partial charge >= 0.3 is 0 Å². The van der Waals surface area contributed by atoms with Crippen LogP contribution in [0.2, 0.25) is 0 Å². The van der Waals surface area contributed by atoms with Gasteiger partial charge in [0.15, 0.2) is 0 Å². The standard InChI is InChI=1S/C16H16BrFOS/c17-11-6-10(7-12(18)9-11)8-15(19)13-2-1-3-16-14(13)4-5-20-16/h4-7,9,13,15,19H,1-3,8H2. The zero-order valence-corrected chi connectivity index (χ0v) is 13.4. The largest absolute Gasteiger partial charge is 0.392 e. The summed E-state index contributed by atoms with van der Waals surface area (Å²) in [5.41, 5.74) is 2.14. The Bertz CT molecular complexity index is 590. The molecule has 106 valence electrons. The Morgan fingerprint density at radius 2 is 2.25 bits per heavy atom. The molecule has 1 heterocycles. The first-order valence-corrected chi connectivity index (χ1v) is 8.50. The maximum atomic E-state index is 13.4. The fourth-order valence-corrected chi connectivity index (χ4v) is 4.54. The van der Waals surface area contributed by atoms with Crippen LogP contribution >= 0.6 is 27.3 Å². The average molecular weight is 355 g/mol. The van der Waals surface area contributed by atoms with Crippen LogP contribution in [-0.4, -0.2) is 11.2 Å². The molecule has 2 aromatic rings. The molecule has 1 aliphatic carbocycles. The molecule has 0 saturated carbocycles. The van der Waals surface area contributed by atoms with Crippen molar-refractivity contribution in [2.45, 2.75) is 37.7 Å². The number of halogens is 2. The van der Waals surface area contributed by atoms with E-state index in [-0.39, 0.29) is 11.7 Å². The minimum Gasteiger partial charge on any atom is -0.392 e. The third kappa shape index (κ3) is 2.97. The Labute approximate surface area is 130 Å². The first kappa shape index (κ1) is 14.2. The maximum Gasteiger partial charge on any atom is 0.124 e. The smallest absolute Gasteiger partial charge is 0.124 e. The van der Waals surface area contributed by atoms with Crippen molar-refractivity contribution in [1.29, 1.82) is 0 Å². The Morgan fingerprint density at radius 1 is 1.40 bits per heavy atom. The highest BCUT2D eigenvalue weighted by molar-refractivity contribution is 9.10. The lowest BCUT2D eigenvalue weighted by atomic mass is 9.82. The van der Waals surface area contributed by atoms with Gasteiger partial charge < -0.3 is 5.11 Å². The van der Waals surface area contributed by atoms with Gasteiger partial charge in [0, 0.05) is 15.3 Å². The van der Waals surface area contributed by atoms with Gasteiger partial charge in [0.2, 0.25) is 0 Å². The van der Waals surface area contributed by atoms with Crippen molar-refractivity contribution in [2.75, 3.05) is 0 Å². The predicted octanol–water partition coefficient (Wildman–Crippen LogP) is 4.67. The number of aliphatic hydroxyl groups excluding tert-OH is 1. The third-order valence-electron chi connectivity index (χ3n) is 3.93. The van der Waals surface area contributed by atoms with Crippen molar-refractivity contribution in [2.24, 2.45) is 0 Å². The number of rotatable bonds is 3. The van der Waals surface area contributed by atoms with E-state index in [0.717, 1.165) is 29.3 Å². The number of benzene rings is 1. The van der Waals surface area contributed by atoms with Crippen molar-refractivity contribution < 1.29 is 9.50 Å². The van der Waals surface area contributed by atoms with E-state index in [2.05, 4.69) is 27.4 Å². The Balaban J connectivity index is 1.79. The van der Waals surface area contributed by atoms with Gasteiger partial charge in [0.1, 0.15) is 5.82 Å². The van der Waals surface area contributed by atoms with Crippen LogP contribution in [0.25, 0.3) is 0 Å². The summed E-state index contributed by atoms with van der Waals surface area (Å²) >= 11 is 5.08. The van der Waals surface area contributed by atoms with Crippen molar-refractivity contribution in [3.8, 4) is 0 Å². The molecule has 2 atom stereocenters. The Morgan fingerprint density at radius 3 is 3.05 bits per heavy atom. The Kier molecular flexibility index (Phi) is 4.24. The molecular weight excluding hydrogens is 339 g/mol. The van der Waals surface area contributed by atoms with Gasteiger partial charge in [0.25, 0.3) is 0 Å². The van der Waals surface area contributed by atoms with E-state index in [1.807, 2.05) is 6.07 Å². The van der Waals surface area contributed by atoms with Crippen LogP contribution in [0.3, 0.4) is 0 Å². The zero-order valence-electron chi connectivity index (χ0n) is 11.0. The second kappa shape index (κ2) is 5.96. The molecule has 0 fully saturated rings. The molecule has 0 saturated heterocycles. The Hall–Kier alpha value is -0.710. The first-order chi connectivity index (χ1) is 9.63. The van der Waals surface area contributed by atoms with E-state index < -0.39 is 6.10 Å². The van der Waals surface area contributed by atoms with Crippen molar-refractivity contribution in [1.82, 2.24) is 0 Å². The second-order valence-corrected chi connectivity index (χ2v) is 7.26. The highest BCUT2D eigenvalue weighted by Gasteiger charge is 2.27. The highest BCUT2D eigenvalue weighted by atomic mass is 79.9. The molecule has 3 rings (SSSR count). The van der Waals surface area contributed by atoms with Crippen LogP contribution in [0.1, 0.15) is 34.8 Å². The molecule has 1 aromatic heterocycles. The van der Waals surface area contributed by atoms with Crippen LogP contribution in [0.5, 0.6) is 0 Å². The summed E-state index contributed by atoms with van der Waals surface area (Å²) < 4.78 is 14.1. The molecule has 0 bridgehead atoms. The number of hydrogen-bond acceptors (Lipinski definition) is 2. The number of fused-ring (bicyclic) bond motifs is 1. The van der Waals surface area contributed by atoms with Crippen LogP contribution in [0.4, 0.5) is 4.39 Å². The zero-order chi connectivity index (χ0) is 14.1. The fraction of sp³-hybridized carbons (Fsp3) is 0.375. The summed E-state index contributed by atoms with van der Waals surface area (Å²) in [7, 11) is 0. The monoisotopic (exact) mass is 354 g/mol. The minimum atomic E-state index is -0.447. The van der Waals surface area contributed by atoms with E-state index >= 15 is 0 Å². The van der Waals surface area contributed by atoms with Gasteiger partial charge in [-0.15, -0.1) is 11.3 Å². The van der Waals surface area contributed by atoms with E-state index in [9.17, 15) is 9.50 Å². The average Bonchev–Trinajstić information content (AvgIpc) is 2.85. The summed E-state index contributed by atoms with van der Waals surface area (Å²) in [6.07, 6.45) is 3.32. The molecule has 0 radical (unpaired) electrons. The van der Waals surface area contributed by atoms with Crippen LogP contribution in [0, 0.1) is 5.82 Å². The lowest BCUT2D eigenvalue weighted by Gasteiger charge is -2.27. The normalized spacial score (nSPS) is 19.6. The molecule has 1 aromatic carbocycles. The highest BCUT2D eigenvalue weighted by Crippen LogP contribution is 2.37. The second-order valence-electron chi connectivity index (χ2n) is 5.35. The number of thiophene rings is 1. The molecule has 1 N–H and O–H groups in total. The van der Waals surface area contributed by atoms with Gasteiger partial charge in [-0.1, -0.05) is 15.9 Å². The fourth-order valence-electron chi connectivity index (χ4n) is 3.03. The van der Waals surface area contributed by atoms with Crippen LogP contribution < -0.4 is 0 Å². The lowest BCUT2D eigenvalue weighted by molar-refractivity contribution is 0.135. The lowest BCUT2D eigenvalue weighted by Crippen LogP contribution is -2.24. The molecule has 20 heavy (non-hydrogen) atoms.